The SMILES string of the molecule is C1CN(CC2CNC2)CCO1.Cl.Cl. The summed E-state index contributed by atoms with van der Waals surface area (Å²) in [5.41, 5.74) is 0. The molecule has 2 heterocycles. The summed E-state index contributed by atoms with van der Waals surface area (Å²) in [6.45, 7) is 7.85. The van der Waals surface area contributed by atoms with Crippen molar-refractivity contribution in [2.75, 3.05) is 45.9 Å². The largest absolute Gasteiger partial charge is 0.379 e. The van der Waals surface area contributed by atoms with E-state index in [4.69, 9.17) is 4.74 Å². The average molecular weight is 229 g/mol. The van der Waals surface area contributed by atoms with Crippen LogP contribution in [0.4, 0.5) is 0 Å². The lowest BCUT2D eigenvalue weighted by Gasteiger charge is -2.34. The number of rotatable bonds is 2. The maximum Gasteiger partial charge on any atom is 0.0594 e. The second-order valence-electron chi connectivity index (χ2n) is 3.44. The third-order valence-corrected chi connectivity index (χ3v) is 2.49. The van der Waals surface area contributed by atoms with Crippen molar-refractivity contribution in [2.45, 2.75) is 0 Å². The van der Waals surface area contributed by atoms with Gasteiger partial charge >= 0.3 is 0 Å². The molecule has 2 saturated heterocycles. The Morgan fingerprint density at radius 3 is 2.23 bits per heavy atom. The van der Waals surface area contributed by atoms with Gasteiger partial charge < -0.3 is 10.1 Å². The first kappa shape index (κ1) is 13.5. The molecule has 0 aromatic rings. The van der Waals surface area contributed by atoms with Gasteiger partial charge in [0.1, 0.15) is 0 Å². The topological polar surface area (TPSA) is 24.5 Å². The van der Waals surface area contributed by atoms with Crippen molar-refractivity contribution in [1.82, 2.24) is 10.2 Å². The minimum atomic E-state index is 0. The Morgan fingerprint density at radius 2 is 1.77 bits per heavy atom. The molecule has 80 valence electrons. The maximum absolute atomic E-state index is 5.28. The van der Waals surface area contributed by atoms with E-state index in [1.165, 1.54) is 19.6 Å². The molecule has 5 heteroatoms. The first-order valence-corrected chi connectivity index (χ1v) is 4.46. The second-order valence-corrected chi connectivity index (χ2v) is 3.44. The third kappa shape index (κ3) is 4.00. The lowest BCUT2D eigenvalue weighted by atomic mass is 10.0. The molecule has 0 saturated carbocycles. The summed E-state index contributed by atoms with van der Waals surface area (Å²) in [6, 6.07) is 0. The fourth-order valence-electron chi connectivity index (χ4n) is 1.63. The Hall–Kier alpha value is 0.460. The van der Waals surface area contributed by atoms with Crippen molar-refractivity contribution >= 4 is 24.8 Å². The van der Waals surface area contributed by atoms with Crippen molar-refractivity contribution in [3.63, 3.8) is 0 Å². The molecule has 0 spiro atoms. The normalized spacial score (nSPS) is 24.0. The van der Waals surface area contributed by atoms with Crippen LogP contribution in [0.5, 0.6) is 0 Å². The molecule has 0 unspecified atom stereocenters. The van der Waals surface area contributed by atoms with Crippen LogP contribution in [-0.2, 0) is 4.74 Å². The standard InChI is InChI=1S/C8H16N2O.2ClH/c1-3-11-4-2-10(1)7-8-5-9-6-8;;/h8-9H,1-7H2;2*1H. The highest BCUT2D eigenvalue weighted by atomic mass is 35.5. The molecular weight excluding hydrogens is 211 g/mol. The number of nitrogens with one attached hydrogen (secondary N) is 1. The quantitative estimate of drug-likeness (QED) is 0.741. The summed E-state index contributed by atoms with van der Waals surface area (Å²) < 4.78 is 5.28. The van der Waals surface area contributed by atoms with Gasteiger partial charge in [0.15, 0.2) is 0 Å². The van der Waals surface area contributed by atoms with Gasteiger partial charge in [-0.25, -0.2) is 0 Å². The highest BCUT2D eigenvalue weighted by Crippen LogP contribution is 2.07. The second kappa shape index (κ2) is 6.85. The predicted octanol–water partition coefficient (Wildman–Crippen LogP) is 0.382. The summed E-state index contributed by atoms with van der Waals surface area (Å²) in [7, 11) is 0. The number of hydrogen-bond acceptors (Lipinski definition) is 3. The summed E-state index contributed by atoms with van der Waals surface area (Å²) >= 11 is 0. The van der Waals surface area contributed by atoms with E-state index in [9.17, 15) is 0 Å². The van der Waals surface area contributed by atoms with Crippen LogP contribution in [-0.4, -0.2) is 50.8 Å². The van der Waals surface area contributed by atoms with Crippen LogP contribution in [0.25, 0.3) is 0 Å². The van der Waals surface area contributed by atoms with Gasteiger partial charge in [0.05, 0.1) is 13.2 Å². The Balaban J connectivity index is 0.000000720. The Morgan fingerprint density at radius 1 is 1.15 bits per heavy atom. The van der Waals surface area contributed by atoms with Gasteiger partial charge in [-0.15, -0.1) is 24.8 Å². The highest BCUT2D eigenvalue weighted by Gasteiger charge is 2.20. The van der Waals surface area contributed by atoms with Crippen LogP contribution in [0, 0.1) is 5.92 Å². The summed E-state index contributed by atoms with van der Waals surface area (Å²) in [5.74, 6) is 0.910. The van der Waals surface area contributed by atoms with E-state index >= 15 is 0 Å². The van der Waals surface area contributed by atoms with E-state index in [0.717, 1.165) is 32.2 Å². The van der Waals surface area contributed by atoms with E-state index in [1.807, 2.05) is 0 Å². The minimum Gasteiger partial charge on any atom is -0.379 e. The lowest BCUT2D eigenvalue weighted by Crippen LogP contribution is -2.50. The first-order valence-electron chi connectivity index (χ1n) is 4.46. The maximum atomic E-state index is 5.28. The number of ether oxygens (including phenoxy) is 1. The van der Waals surface area contributed by atoms with Crippen LogP contribution < -0.4 is 5.32 Å². The van der Waals surface area contributed by atoms with E-state index in [2.05, 4.69) is 10.2 Å². The monoisotopic (exact) mass is 228 g/mol. The Labute approximate surface area is 92.0 Å². The molecule has 0 aliphatic carbocycles. The zero-order valence-electron chi connectivity index (χ0n) is 7.70. The summed E-state index contributed by atoms with van der Waals surface area (Å²) in [4.78, 5) is 2.51. The van der Waals surface area contributed by atoms with Gasteiger partial charge in [0.2, 0.25) is 0 Å². The molecule has 0 aromatic heterocycles. The van der Waals surface area contributed by atoms with Crippen molar-refractivity contribution in [2.24, 2.45) is 5.92 Å². The number of halogens is 2. The number of hydrogen-bond donors (Lipinski definition) is 1. The Kier molecular flexibility index (Phi) is 7.09. The first-order chi connectivity index (χ1) is 5.45. The van der Waals surface area contributed by atoms with Gasteiger partial charge in [0, 0.05) is 32.7 Å². The average Bonchev–Trinajstić information content (AvgIpc) is 1.99. The van der Waals surface area contributed by atoms with E-state index in [0.29, 0.717) is 0 Å². The summed E-state index contributed by atoms with van der Waals surface area (Å²) in [6.07, 6.45) is 0. The van der Waals surface area contributed by atoms with Gasteiger partial charge in [-0.2, -0.15) is 0 Å². The van der Waals surface area contributed by atoms with E-state index in [-0.39, 0.29) is 24.8 Å². The molecule has 2 fully saturated rings. The summed E-state index contributed by atoms with van der Waals surface area (Å²) in [5, 5.41) is 3.29. The van der Waals surface area contributed by atoms with Crippen LogP contribution in [0.2, 0.25) is 0 Å². The molecule has 1 N–H and O–H groups in total. The van der Waals surface area contributed by atoms with Crippen molar-refractivity contribution in [1.29, 1.82) is 0 Å². The highest BCUT2D eigenvalue weighted by molar-refractivity contribution is 5.85. The predicted molar refractivity (Wildman–Crippen MR) is 58.1 cm³/mol. The number of morpholine rings is 1. The molecule has 0 amide bonds. The molecule has 3 nitrogen and oxygen atoms in total. The van der Waals surface area contributed by atoms with Crippen LogP contribution >= 0.6 is 24.8 Å². The minimum absolute atomic E-state index is 0. The zero-order valence-corrected chi connectivity index (χ0v) is 9.33. The van der Waals surface area contributed by atoms with Crippen molar-refractivity contribution in [3.05, 3.63) is 0 Å². The van der Waals surface area contributed by atoms with Gasteiger partial charge in [-0.3, -0.25) is 4.90 Å². The molecule has 13 heavy (non-hydrogen) atoms. The smallest absolute Gasteiger partial charge is 0.0594 e. The molecular formula is C8H18Cl2N2O. The van der Waals surface area contributed by atoms with Crippen molar-refractivity contribution in [3.8, 4) is 0 Å². The lowest BCUT2D eigenvalue weighted by molar-refractivity contribution is 0.0266. The molecule has 2 rings (SSSR count). The van der Waals surface area contributed by atoms with Gasteiger partial charge in [-0.05, 0) is 5.92 Å². The molecule has 0 aromatic carbocycles. The van der Waals surface area contributed by atoms with Gasteiger partial charge in [0.25, 0.3) is 0 Å². The van der Waals surface area contributed by atoms with Crippen LogP contribution in [0.1, 0.15) is 0 Å². The molecule has 2 aliphatic rings. The van der Waals surface area contributed by atoms with E-state index < -0.39 is 0 Å². The van der Waals surface area contributed by atoms with E-state index in [1.54, 1.807) is 0 Å². The molecule has 2 aliphatic heterocycles. The third-order valence-electron chi connectivity index (χ3n) is 2.49. The Bertz CT molecular complexity index is 127. The van der Waals surface area contributed by atoms with Crippen molar-refractivity contribution < 1.29 is 4.74 Å². The molecule has 0 atom stereocenters. The van der Waals surface area contributed by atoms with Crippen LogP contribution in [0.15, 0.2) is 0 Å². The zero-order chi connectivity index (χ0) is 7.52. The number of nitrogens with zero attached hydrogens (tertiary/aromatic N) is 1. The van der Waals surface area contributed by atoms with Gasteiger partial charge in [-0.1, -0.05) is 0 Å². The molecule has 0 radical (unpaired) electrons. The fourth-order valence-corrected chi connectivity index (χ4v) is 1.63. The fraction of sp³-hybridized carbons (Fsp3) is 1.00. The molecule has 0 bridgehead atoms. The van der Waals surface area contributed by atoms with Crippen LogP contribution in [0.3, 0.4) is 0 Å².